The van der Waals surface area contributed by atoms with Gasteiger partial charge in [-0.25, -0.2) is 0 Å². The van der Waals surface area contributed by atoms with Gasteiger partial charge in [-0.15, -0.1) is 0 Å². The van der Waals surface area contributed by atoms with E-state index in [1.807, 2.05) is 6.07 Å². The number of benzene rings is 2. The van der Waals surface area contributed by atoms with Crippen LogP contribution in [0.3, 0.4) is 0 Å². The molecule has 0 aliphatic rings. The Kier molecular flexibility index (Phi) is 2.82. The van der Waals surface area contributed by atoms with Gasteiger partial charge in [0.1, 0.15) is 5.75 Å². The molecule has 3 nitrogen and oxygen atoms in total. The van der Waals surface area contributed by atoms with E-state index in [9.17, 15) is 0 Å². The summed E-state index contributed by atoms with van der Waals surface area (Å²) in [6, 6.07) is 10.6. The van der Waals surface area contributed by atoms with Crippen LogP contribution >= 0.6 is 11.6 Å². The third kappa shape index (κ3) is 2.07. The molecular formula is C10H8BClO3. The summed E-state index contributed by atoms with van der Waals surface area (Å²) >= 11 is 5.99. The lowest BCUT2D eigenvalue weighted by molar-refractivity contribution is 0.289. The standard InChI is InChI=1S/C10H8BClO3/c12-9-5-1-4-8-7(9)3-2-6-10(8)15-11(13)14/h1-6,13-14H. The van der Waals surface area contributed by atoms with Crippen LogP contribution in [0.15, 0.2) is 36.4 Å². The van der Waals surface area contributed by atoms with Crippen molar-refractivity contribution in [1.82, 2.24) is 0 Å². The van der Waals surface area contributed by atoms with Crippen LogP contribution < -0.4 is 4.65 Å². The molecule has 0 aliphatic heterocycles. The quantitative estimate of drug-likeness (QED) is 0.762. The van der Waals surface area contributed by atoms with E-state index in [0.29, 0.717) is 10.8 Å². The van der Waals surface area contributed by atoms with Gasteiger partial charge < -0.3 is 14.7 Å². The normalized spacial score (nSPS) is 10.3. The van der Waals surface area contributed by atoms with E-state index in [2.05, 4.69) is 0 Å². The minimum Gasteiger partial charge on any atom is -0.512 e. The predicted octanol–water partition coefficient (Wildman–Crippen LogP) is 1.84. The van der Waals surface area contributed by atoms with E-state index in [4.69, 9.17) is 26.3 Å². The molecule has 0 unspecified atom stereocenters. The highest BCUT2D eigenvalue weighted by molar-refractivity contribution is 6.36. The molecule has 2 N–H and O–H groups in total. The molecular weight excluding hydrogens is 214 g/mol. The molecule has 2 aromatic rings. The van der Waals surface area contributed by atoms with Gasteiger partial charge in [0.15, 0.2) is 0 Å². The van der Waals surface area contributed by atoms with E-state index >= 15 is 0 Å². The largest absolute Gasteiger partial charge is 0.707 e. The third-order valence-electron chi connectivity index (χ3n) is 2.06. The zero-order chi connectivity index (χ0) is 10.8. The zero-order valence-corrected chi connectivity index (χ0v) is 8.48. The van der Waals surface area contributed by atoms with Gasteiger partial charge in [-0.05, 0) is 12.1 Å². The lowest BCUT2D eigenvalue weighted by Crippen LogP contribution is -2.20. The summed E-state index contributed by atoms with van der Waals surface area (Å²) in [7, 11) is -1.82. The first-order valence-corrected chi connectivity index (χ1v) is 4.76. The van der Waals surface area contributed by atoms with Crippen LogP contribution in [0.1, 0.15) is 0 Å². The van der Waals surface area contributed by atoms with Crippen molar-refractivity contribution >= 4 is 29.7 Å². The van der Waals surface area contributed by atoms with E-state index in [1.54, 1.807) is 30.3 Å². The van der Waals surface area contributed by atoms with Crippen molar-refractivity contribution in [1.29, 1.82) is 0 Å². The van der Waals surface area contributed by atoms with Gasteiger partial charge >= 0.3 is 7.32 Å². The van der Waals surface area contributed by atoms with Crippen molar-refractivity contribution in [2.24, 2.45) is 0 Å². The summed E-state index contributed by atoms with van der Waals surface area (Å²) < 4.78 is 4.83. The van der Waals surface area contributed by atoms with Crippen molar-refractivity contribution in [3.05, 3.63) is 41.4 Å². The SMILES string of the molecule is OB(O)Oc1cccc2c(Cl)cccc12. The third-order valence-corrected chi connectivity index (χ3v) is 2.39. The first kappa shape index (κ1) is 10.3. The number of fused-ring (bicyclic) bond motifs is 1. The van der Waals surface area contributed by atoms with E-state index in [-0.39, 0.29) is 0 Å². The number of hydrogen-bond acceptors (Lipinski definition) is 3. The maximum absolute atomic E-state index is 8.73. The molecule has 0 bridgehead atoms. The van der Waals surface area contributed by atoms with Crippen molar-refractivity contribution in [3.63, 3.8) is 0 Å². The van der Waals surface area contributed by atoms with Gasteiger partial charge in [0, 0.05) is 15.8 Å². The first-order valence-electron chi connectivity index (χ1n) is 4.38. The van der Waals surface area contributed by atoms with Gasteiger partial charge in [0.25, 0.3) is 0 Å². The lowest BCUT2D eigenvalue weighted by Gasteiger charge is -2.08. The topological polar surface area (TPSA) is 49.7 Å². The van der Waals surface area contributed by atoms with Crippen LogP contribution in [0.5, 0.6) is 5.75 Å². The summed E-state index contributed by atoms with van der Waals surface area (Å²) in [5, 5.41) is 19.6. The number of hydrogen-bond donors (Lipinski definition) is 2. The Hall–Kier alpha value is -1.23. The molecule has 0 saturated carbocycles. The molecule has 0 aliphatic carbocycles. The molecule has 0 amide bonds. The van der Waals surface area contributed by atoms with E-state index < -0.39 is 7.32 Å². The Morgan fingerprint density at radius 3 is 2.40 bits per heavy atom. The molecule has 0 radical (unpaired) electrons. The molecule has 2 aromatic carbocycles. The average Bonchev–Trinajstić information content (AvgIpc) is 2.19. The van der Waals surface area contributed by atoms with E-state index in [0.717, 1.165) is 10.8 Å². The van der Waals surface area contributed by atoms with Crippen LogP contribution in [0.2, 0.25) is 5.02 Å². The van der Waals surface area contributed by atoms with E-state index in [1.165, 1.54) is 0 Å². The Labute approximate surface area is 92.0 Å². The minimum absolute atomic E-state index is 0.394. The molecule has 0 aromatic heterocycles. The van der Waals surface area contributed by atoms with Crippen molar-refractivity contribution < 1.29 is 14.7 Å². The summed E-state index contributed by atoms with van der Waals surface area (Å²) in [4.78, 5) is 0. The Balaban J connectivity index is 2.61. The van der Waals surface area contributed by atoms with Gasteiger partial charge in [-0.2, -0.15) is 0 Å². The smallest absolute Gasteiger partial charge is 0.512 e. The second-order valence-corrected chi connectivity index (χ2v) is 3.44. The molecule has 0 spiro atoms. The molecule has 0 atom stereocenters. The van der Waals surface area contributed by atoms with Crippen LogP contribution in [0, 0.1) is 0 Å². The van der Waals surface area contributed by atoms with Crippen LogP contribution in [0.4, 0.5) is 0 Å². The zero-order valence-electron chi connectivity index (χ0n) is 7.72. The highest BCUT2D eigenvalue weighted by Gasteiger charge is 2.13. The summed E-state index contributed by atoms with van der Waals surface area (Å²) in [5.74, 6) is 0.394. The fourth-order valence-electron chi connectivity index (χ4n) is 1.46. The number of rotatable bonds is 2. The Morgan fingerprint density at radius 2 is 1.67 bits per heavy atom. The van der Waals surface area contributed by atoms with Crippen molar-refractivity contribution in [2.45, 2.75) is 0 Å². The highest BCUT2D eigenvalue weighted by Crippen LogP contribution is 2.30. The average molecular weight is 222 g/mol. The molecule has 2 rings (SSSR count). The monoisotopic (exact) mass is 222 g/mol. The molecule has 0 heterocycles. The maximum Gasteiger partial charge on any atom is 0.707 e. The van der Waals surface area contributed by atoms with Crippen molar-refractivity contribution in [3.8, 4) is 5.75 Å². The van der Waals surface area contributed by atoms with Gasteiger partial charge in [-0.1, -0.05) is 35.9 Å². The second kappa shape index (κ2) is 4.10. The van der Waals surface area contributed by atoms with Gasteiger partial charge in [0.2, 0.25) is 0 Å². The first-order chi connectivity index (χ1) is 7.18. The molecule has 0 fully saturated rings. The lowest BCUT2D eigenvalue weighted by atomic mass is 10.1. The van der Waals surface area contributed by atoms with Crippen molar-refractivity contribution in [2.75, 3.05) is 0 Å². The second-order valence-electron chi connectivity index (χ2n) is 3.04. The summed E-state index contributed by atoms with van der Waals surface area (Å²) in [6.07, 6.45) is 0. The van der Waals surface area contributed by atoms with Crippen LogP contribution in [-0.2, 0) is 0 Å². The number of halogens is 1. The highest BCUT2D eigenvalue weighted by atomic mass is 35.5. The summed E-state index contributed by atoms with van der Waals surface area (Å²) in [5.41, 5.74) is 0. The fraction of sp³-hybridized carbons (Fsp3) is 0. The molecule has 0 saturated heterocycles. The van der Waals surface area contributed by atoms with Crippen LogP contribution in [0.25, 0.3) is 10.8 Å². The molecule has 5 heteroatoms. The Morgan fingerprint density at radius 1 is 1.00 bits per heavy atom. The summed E-state index contributed by atoms with van der Waals surface area (Å²) in [6.45, 7) is 0. The fourth-order valence-corrected chi connectivity index (χ4v) is 1.70. The molecule has 76 valence electrons. The van der Waals surface area contributed by atoms with Gasteiger partial charge in [0.05, 0.1) is 0 Å². The predicted molar refractivity (Wildman–Crippen MR) is 59.8 cm³/mol. The molecule has 15 heavy (non-hydrogen) atoms. The maximum atomic E-state index is 8.73. The van der Waals surface area contributed by atoms with Crippen LogP contribution in [-0.4, -0.2) is 17.4 Å². The van der Waals surface area contributed by atoms with Gasteiger partial charge in [-0.3, -0.25) is 0 Å². The minimum atomic E-state index is -1.82. The Bertz CT molecular complexity index is 487.